The van der Waals surface area contributed by atoms with Gasteiger partial charge in [-0.1, -0.05) is 31.9 Å². The molecule has 1 aromatic rings. The van der Waals surface area contributed by atoms with Crippen molar-refractivity contribution in [2.45, 2.75) is 43.3 Å². The van der Waals surface area contributed by atoms with Crippen molar-refractivity contribution in [3.05, 3.63) is 29.8 Å². The number of rotatable bonds is 8. The largest absolute Gasteiger partial charge is 0.355 e. The van der Waals surface area contributed by atoms with Gasteiger partial charge in [-0.2, -0.15) is 0 Å². The van der Waals surface area contributed by atoms with Crippen molar-refractivity contribution in [1.82, 2.24) is 5.32 Å². The normalized spacial score (nSPS) is 11.9. The first-order valence-electron chi connectivity index (χ1n) is 6.67. The Kier molecular flexibility index (Phi) is 7.26. The van der Waals surface area contributed by atoms with Gasteiger partial charge >= 0.3 is 0 Å². The Labute approximate surface area is 119 Å². The lowest BCUT2D eigenvalue weighted by atomic mass is 10.2. The van der Waals surface area contributed by atoms with Gasteiger partial charge in [0.05, 0.1) is 5.25 Å². The second-order valence-electron chi connectivity index (χ2n) is 4.45. The number of amides is 1. The summed E-state index contributed by atoms with van der Waals surface area (Å²) < 4.78 is 0. The first-order chi connectivity index (χ1) is 9.17. The summed E-state index contributed by atoms with van der Waals surface area (Å²) in [7, 11) is 0. The van der Waals surface area contributed by atoms with E-state index in [-0.39, 0.29) is 11.2 Å². The highest BCUT2D eigenvalue weighted by Crippen LogP contribution is 2.23. The molecule has 104 valence electrons. The minimum Gasteiger partial charge on any atom is -0.355 e. The van der Waals surface area contributed by atoms with Crippen LogP contribution in [0.5, 0.6) is 0 Å². The topological polar surface area (TPSA) is 46.2 Å². The number of carbonyl (C=O) groups excluding carboxylic acids is 2. The highest BCUT2D eigenvalue weighted by molar-refractivity contribution is 8.00. The molecule has 0 fully saturated rings. The molecule has 1 N–H and O–H groups in total. The summed E-state index contributed by atoms with van der Waals surface area (Å²) in [6.45, 7) is 4.76. The third kappa shape index (κ3) is 5.92. The number of hydrogen-bond acceptors (Lipinski definition) is 3. The van der Waals surface area contributed by atoms with E-state index in [4.69, 9.17) is 0 Å². The van der Waals surface area contributed by atoms with Crippen LogP contribution in [0, 0.1) is 0 Å². The summed E-state index contributed by atoms with van der Waals surface area (Å²) in [5.74, 6) is 0.0533. The monoisotopic (exact) mass is 279 g/mol. The van der Waals surface area contributed by atoms with Crippen LogP contribution in [0.25, 0.3) is 0 Å². The first-order valence-corrected chi connectivity index (χ1v) is 7.55. The SMILES string of the molecule is CCCCCNC(=O)C(C)Sc1cccc(C=O)c1. The van der Waals surface area contributed by atoms with E-state index in [2.05, 4.69) is 12.2 Å². The fourth-order valence-electron chi connectivity index (χ4n) is 1.65. The number of carbonyl (C=O) groups is 2. The molecule has 0 heterocycles. The predicted molar refractivity (Wildman–Crippen MR) is 79.7 cm³/mol. The fourth-order valence-corrected chi connectivity index (χ4v) is 2.61. The number of benzene rings is 1. The fraction of sp³-hybridized carbons (Fsp3) is 0.467. The molecule has 0 aromatic heterocycles. The molecule has 19 heavy (non-hydrogen) atoms. The molecule has 1 amide bonds. The minimum atomic E-state index is -0.150. The van der Waals surface area contributed by atoms with Crippen molar-refractivity contribution in [2.24, 2.45) is 0 Å². The number of aldehydes is 1. The highest BCUT2D eigenvalue weighted by atomic mass is 32.2. The smallest absolute Gasteiger partial charge is 0.233 e. The van der Waals surface area contributed by atoms with E-state index in [1.807, 2.05) is 19.1 Å². The molecule has 0 saturated heterocycles. The Hall–Kier alpha value is -1.29. The van der Waals surface area contributed by atoms with E-state index in [0.717, 1.165) is 37.0 Å². The van der Waals surface area contributed by atoms with Gasteiger partial charge in [0.2, 0.25) is 5.91 Å². The van der Waals surface area contributed by atoms with Crippen molar-refractivity contribution in [1.29, 1.82) is 0 Å². The van der Waals surface area contributed by atoms with Crippen molar-refractivity contribution in [3.63, 3.8) is 0 Å². The molecule has 0 spiro atoms. The van der Waals surface area contributed by atoms with Crippen molar-refractivity contribution >= 4 is 24.0 Å². The maximum atomic E-state index is 11.9. The van der Waals surface area contributed by atoms with Crippen molar-refractivity contribution < 1.29 is 9.59 Å². The zero-order valence-electron chi connectivity index (χ0n) is 11.5. The standard InChI is InChI=1S/C15H21NO2S/c1-3-4-5-9-16-15(18)12(2)19-14-8-6-7-13(10-14)11-17/h6-8,10-12H,3-5,9H2,1-2H3,(H,16,18). The molecular formula is C15H21NO2S. The lowest BCUT2D eigenvalue weighted by Gasteiger charge is -2.12. The third-order valence-corrected chi connectivity index (χ3v) is 3.85. The molecular weight excluding hydrogens is 258 g/mol. The van der Waals surface area contributed by atoms with Gasteiger partial charge < -0.3 is 5.32 Å². The van der Waals surface area contributed by atoms with Crippen LogP contribution < -0.4 is 5.32 Å². The van der Waals surface area contributed by atoms with Crippen LogP contribution in [0.15, 0.2) is 29.2 Å². The summed E-state index contributed by atoms with van der Waals surface area (Å²) in [5, 5.41) is 2.79. The van der Waals surface area contributed by atoms with E-state index in [1.165, 1.54) is 11.8 Å². The highest BCUT2D eigenvalue weighted by Gasteiger charge is 2.13. The lowest BCUT2D eigenvalue weighted by Crippen LogP contribution is -2.31. The molecule has 0 radical (unpaired) electrons. The van der Waals surface area contributed by atoms with Crippen LogP contribution in [-0.4, -0.2) is 24.0 Å². The summed E-state index contributed by atoms with van der Waals surface area (Å²) in [6, 6.07) is 7.31. The molecule has 1 atom stereocenters. The third-order valence-electron chi connectivity index (χ3n) is 2.76. The lowest BCUT2D eigenvalue weighted by molar-refractivity contribution is -0.120. The van der Waals surface area contributed by atoms with Crippen LogP contribution in [0.3, 0.4) is 0 Å². The van der Waals surface area contributed by atoms with Gasteiger partial charge in [0, 0.05) is 17.0 Å². The molecule has 0 bridgehead atoms. The zero-order chi connectivity index (χ0) is 14.1. The second kappa shape index (κ2) is 8.75. The van der Waals surface area contributed by atoms with Crippen molar-refractivity contribution in [3.8, 4) is 0 Å². The Balaban J connectivity index is 2.42. The number of unbranched alkanes of at least 4 members (excludes halogenated alkanes) is 2. The quantitative estimate of drug-likeness (QED) is 0.451. The molecule has 0 aliphatic heterocycles. The molecule has 0 saturated carbocycles. The maximum absolute atomic E-state index is 11.9. The predicted octanol–water partition coefficient (Wildman–Crippen LogP) is 3.29. The second-order valence-corrected chi connectivity index (χ2v) is 5.86. The number of thioether (sulfide) groups is 1. The molecule has 1 unspecified atom stereocenters. The van der Waals surface area contributed by atoms with E-state index < -0.39 is 0 Å². The Morgan fingerprint density at radius 1 is 1.42 bits per heavy atom. The number of hydrogen-bond donors (Lipinski definition) is 1. The van der Waals surface area contributed by atoms with Gasteiger partial charge in [0.15, 0.2) is 0 Å². The van der Waals surface area contributed by atoms with E-state index >= 15 is 0 Å². The van der Waals surface area contributed by atoms with Gasteiger partial charge in [0.1, 0.15) is 6.29 Å². The van der Waals surface area contributed by atoms with Crippen LogP contribution >= 0.6 is 11.8 Å². The van der Waals surface area contributed by atoms with Crippen LogP contribution in [0.4, 0.5) is 0 Å². The summed E-state index contributed by atoms with van der Waals surface area (Å²) in [4.78, 5) is 23.5. The van der Waals surface area contributed by atoms with Gasteiger partial charge in [-0.05, 0) is 25.5 Å². The van der Waals surface area contributed by atoms with E-state index in [1.54, 1.807) is 12.1 Å². The molecule has 1 aromatic carbocycles. The summed E-state index contributed by atoms with van der Waals surface area (Å²) in [5.41, 5.74) is 0.639. The average Bonchev–Trinajstić information content (AvgIpc) is 2.43. The molecule has 0 aliphatic rings. The first kappa shape index (κ1) is 15.8. The van der Waals surface area contributed by atoms with Crippen LogP contribution in [-0.2, 0) is 4.79 Å². The molecule has 4 heteroatoms. The molecule has 0 aliphatic carbocycles. The minimum absolute atomic E-state index is 0.0533. The molecule has 1 rings (SSSR count). The van der Waals surface area contributed by atoms with Crippen molar-refractivity contribution in [2.75, 3.05) is 6.54 Å². The Morgan fingerprint density at radius 2 is 2.21 bits per heavy atom. The van der Waals surface area contributed by atoms with Gasteiger partial charge in [-0.15, -0.1) is 11.8 Å². The summed E-state index contributed by atoms with van der Waals surface area (Å²) >= 11 is 1.47. The Bertz CT molecular complexity index is 420. The van der Waals surface area contributed by atoms with Gasteiger partial charge in [0.25, 0.3) is 0 Å². The summed E-state index contributed by atoms with van der Waals surface area (Å²) in [6.07, 6.45) is 4.14. The maximum Gasteiger partial charge on any atom is 0.233 e. The van der Waals surface area contributed by atoms with Gasteiger partial charge in [-0.25, -0.2) is 0 Å². The van der Waals surface area contributed by atoms with Crippen LogP contribution in [0.2, 0.25) is 0 Å². The number of nitrogens with one attached hydrogen (secondary N) is 1. The van der Waals surface area contributed by atoms with E-state index in [0.29, 0.717) is 5.56 Å². The van der Waals surface area contributed by atoms with Gasteiger partial charge in [-0.3, -0.25) is 9.59 Å². The van der Waals surface area contributed by atoms with E-state index in [9.17, 15) is 9.59 Å². The Morgan fingerprint density at radius 3 is 2.89 bits per heavy atom. The zero-order valence-corrected chi connectivity index (χ0v) is 12.3. The average molecular weight is 279 g/mol. The van der Waals surface area contributed by atoms with Crippen LogP contribution in [0.1, 0.15) is 43.5 Å². The molecule has 3 nitrogen and oxygen atoms in total.